The minimum absolute atomic E-state index is 0.0324. The molecule has 0 radical (unpaired) electrons. The number of aromatic nitrogens is 1. The molecule has 2 nitrogen and oxygen atoms in total. The first-order valence-electron chi connectivity index (χ1n) is 6.70. The molecule has 2 rings (SSSR count). The van der Waals surface area contributed by atoms with Crippen molar-refractivity contribution >= 4 is 15.9 Å². The fourth-order valence-electron chi connectivity index (χ4n) is 2.04. The Morgan fingerprint density at radius 3 is 2.60 bits per heavy atom. The smallest absolute Gasteiger partial charge is 0.223 e. The molecule has 0 aliphatic carbocycles. The summed E-state index contributed by atoms with van der Waals surface area (Å²) in [5.74, 6) is 1.54. The van der Waals surface area contributed by atoms with Gasteiger partial charge in [0.1, 0.15) is 5.75 Å². The first kappa shape index (κ1) is 15.0. The Kier molecular flexibility index (Phi) is 4.48. The van der Waals surface area contributed by atoms with Gasteiger partial charge in [0.15, 0.2) is 0 Å². The van der Waals surface area contributed by atoms with Gasteiger partial charge in [-0.1, -0.05) is 60.5 Å². The number of aryl methyl sites for hydroxylation is 1. The summed E-state index contributed by atoms with van der Waals surface area (Å²) in [6, 6.07) is 10.2. The predicted molar refractivity (Wildman–Crippen MR) is 86.8 cm³/mol. The average molecular weight is 334 g/mol. The zero-order chi connectivity index (χ0) is 14.8. The van der Waals surface area contributed by atoms with E-state index >= 15 is 0 Å². The molecule has 0 amide bonds. The third kappa shape index (κ3) is 3.40. The monoisotopic (exact) mass is 333 g/mol. The Morgan fingerprint density at radius 2 is 1.95 bits per heavy atom. The standard InChI is InChI=1S/C17H20BrNO/c1-12-7-8-15(14(10-12)17(2,3)4)20-16-13(11-18)6-5-9-19-16/h5-10H,11H2,1-4H3. The molecule has 1 heterocycles. The molecule has 3 heteroatoms. The molecule has 0 bridgehead atoms. The topological polar surface area (TPSA) is 22.1 Å². The highest BCUT2D eigenvalue weighted by atomic mass is 79.9. The van der Waals surface area contributed by atoms with E-state index in [1.807, 2.05) is 18.2 Å². The lowest BCUT2D eigenvalue weighted by molar-refractivity contribution is 0.436. The van der Waals surface area contributed by atoms with Crippen molar-refractivity contribution in [2.45, 2.75) is 38.4 Å². The maximum absolute atomic E-state index is 6.07. The number of nitrogens with zero attached hydrogens (tertiary/aromatic N) is 1. The predicted octanol–water partition coefficient (Wildman–Crippen LogP) is 5.37. The maximum Gasteiger partial charge on any atom is 0.223 e. The van der Waals surface area contributed by atoms with Gasteiger partial charge in [-0.25, -0.2) is 4.98 Å². The van der Waals surface area contributed by atoms with E-state index in [0.717, 1.165) is 16.6 Å². The zero-order valence-corrected chi connectivity index (χ0v) is 14.0. The molecule has 0 aliphatic heterocycles. The van der Waals surface area contributed by atoms with Crippen molar-refractivity contribution in [3.8, 4) is 11.6 Å². The van der Waals surface area contributed by atoms with Crippen LogP contribution in [-0.2, 0) is 10.7 Å². The second kappa shape index (κ2) is 5.96. The molecule has 0 spiro atoms. The third-order valence-corrected chi connectivity index (χ3v) is 3.75. The molecule has 0 saturated carbocycles. The highest BCUT2D eigenvalue weighted by Crippen LogP contribution is 2.35. The molecule has 1 aromatic carbocycles. The van der Waals surface area contributed by atoms with E-state index in [0.29, 0.717) is 5.88 Å². The summed E-state index contributed by atoms with van der Waals surface area (Å²) in [6.07, 6.45) is 1.76. The fourth-order valence-corrected chi connectivity index (χ4v) is 2.47. The van der Waals surface area contributed by atoms with Crippen molar-refractivity contribution < 1.29 is 4.74 Å². The van der Waals surface area contributed by atoms with E-state index in [2.05, 4.69) is 60.7 Å². The maximum atomic E-state index is 6.07. The number of hydrogen-bond acceptors (Lipinski definition) is 2. The lowest BCUT2D eigenvalue weighted by Gasteiger charge is -2.23. The van der Waals surface area contributed by atoms with E-state index in [1.165, 1.54) is 11.1 Å². The van der Waals surface area contributed by atoms with Crippen molar-refractivity contribution in [2.24, 2.45) is 0 Å². The molecule has 0 atom stereocenters. The van der Waals surface area contributed by atoms with Gasteiger partial charge in [-0.15, -0.1) is 0 Å². The summed E-state index contributed by atoms with van der Waals surface area (Å²) in [6.45, 7) is 8.68. The van der Waals surface area contributed by atoms with Crippen LogP contribution in [0.2, 0.25) is 0 Å². The van der Waals surface area contributed by atoms with Crippen LogP contribution in [0.3, 0.4) is 0 Å². The lowest BCUT2D eigenvalue weighted by atomic mass is 9.85. The quantitative estimate of drug-likeness (QED) is 0.704. The van der Waals surface area contributed by atoms with Gasteiger partial charge in [0.05, 0.1) is 0 Å². The number of pyridine rings is 1. The summed E-state index contributed by atoms with van der Waals surface area (Å²) in [7, 11) is 0. The largest absolute Gasteiger partial charge is 0.438 e. The van der Waals surface area contributed by atoms with Gasteiger partial charge >= 0.3 is 0 Å². The molecule has 20 heavy (non-hydrogen) atoms. The molecular formula is C17H20BrNO. The molecule has 2 aromatic rings. The molecule has 106 valence electrons. The summed E-state index contributed by atoms with van der Waals surface area (Å²) in [5.41, 5.74) is 3.52. The molecular weight excluding hydrogens is 314 g/mol. The zero-order valence-electron chi connectivity index (χ0n) is 12.4. The van der Waals surface area contributed by atoms with Crippen LogP contribution in [0.1, 0.15) is 37.5 Å². The number of hydrogen-bond donors (Lipinski definition) is 0. The van der Waals surface area contributed by atoms with Gasteiger partial charge in [-0.3, -0.25) is 0 Å². The van der Waals surface area contributed by atoms with Gasteiger partial charge in [0.2, 0.25) is 5.88 Å². The van der Waals surface area contributed by atoms with Crippen LogP contribution in [0.15, 0.2) is 36.5 Å². The van der Waals surface area contributed by atoms with E-state index in [-0.39, 0.29) is 5.41 Å². The molecule has 0 N–H and O–H groups in total. The fraction of sp³-hybridized carbons (Fsp3) is 0.353. The van der Waals surface area contributed by atoms with E-state index in [1.54, 1.807) is 6.20 Å². The van der Waals surface area contributed by atoms with Crippen molar-refractivity contribution in [1.29, 1.82) is 0 Å². The molecule has 1 aromatic heterocycles. The molecule has 0 aliphatic rings. The van der Waals surface area contributed by atoms with Crippen molar-refractivity contribution in [3.63, 3.8) is 0 Å². The van der Waals surface area contributed by atoms with Crippen LogP contribution in [-0.4, -0.2) is 4.98 Å². The third-order valence-electron chi connectivity index (χ3n) is 3.14. The van der Waals surface area contributed by atoms with Crippen LogP contribution in [0, 0.1) is 6.92 Å². The van der Waals surface area contributed by atoms with Gasteiger partial charge in [-0.05, 0) is 24.5 Å². The second-order valence-corrected chi connectivity index (χ2v) is 6.51. The van der Waals surface area contributed by atoms with Crippen LogP contribution in [0.5, 0.6) is 11.6 Å². The van der Waals surface area contributed by atoms with Crippen molar-refractivity contribution in [3.05, 3.63) is 53.2 Å². The minimum atomic E-state index is 0.0324. The number of halogens is 1. The highest BCUT2D eigenvalue weighted by Gasteiger charge is 2.20. The molecule has 0 saturated heterocycles. The average Bonchev–Trinajstić information content (AvgIpc) is 2.40. The SMILES string of the molecule is Cc1ccc(Oc2ncccc2CBr)c(C(C)(C)C)c1. The number of rotatable bonds is 3. The summed E-state index contributed by atoms with van der Waals surface area (Å²) >= 11 is 3.47. The van der Waals surface area contributed by atoms with E-state index < -0.39 is 0 Å². The van der Waals surface area contributed by atoms with Crippen LogP contribution in [0.25, 0.3) is 0 Å². The summed E-state index contributed by atoms with van der Waals surface area (Å²) < 4.78 is 6.07. The Balaban J connectivity index is 2.44. The second-order valence-electron chi connectivity index (χ2n) is 5.95. The Bertz CT molecular complexity index is 602. The van der Waals surface area contributed by atoms with Crippen molar-refractivity contribution in [1.82, 2.24) is 4.98 Å². The highest BCUT2D eigenvalue weighted by molar-refractivity contribution is 9.08. The van der Waals surface area contributed by atoms with Gasteiger partial charge < -0.3 is 4.74 Å². The van der Waals surface area contributed by atoms with Crippen molar-refractivity contribution in [2.75, 3.05) is 0 Å². The van der Waals surface area contributed by atoms with Gasteiger partial charge in [-0.2, -0.15) is 0 Å². The summed E-state index contributed by atoms with van der Waals surface area (Å²) in [4.78, 5) is 4.34. The Labute approximate surface area is 129 Å². The van der Waals surface area contributed by atoms with Crippen LogP contribution < -0.4 is 4.74 Å². The van der Waals surface area contributed by atoms with Crippen LogP contribution in [0.4, 0.5) is 0 Å². The first-order chi connectivity index (χ1) is 9.41. The minimum Gasteiger partial charge on any atom is -0.438 e. The normalized spacial score (nSPS) is 11.4. The molecule has 0 fully saturated rings. The number of ether oxygens (including phenoxy) is 1. The van der Waals surface area contributed by atoms with E-state index in [4.69, 9.17) is 4.74 Å². The van der Waals surface area contributed by atoms with Crippen LogP contribution >= 0.6 is 15.9 Å². The van der Waals surface area contributed by atoms with E-state index in [9.17, 15) is 0 Å². The summed E-state index contributed by atoms with van der Waals surface area (Å²) in [5, 5.41) is 0.729. The first-order valence-corrected chi connectivity index (χ1v) is 7.83. The number of benzene rings is 1. The lowest BCUT2D eigenvalue weighted by Crippen LogP contribution is -2.13. The number of alkyl halides is 1. The van der Waals surface area contributed by atoms with Gasteiger partial charge in [0.25, 0.3) is 0 Å². The van der Waals surface area contributed by atoms with Gasteiger partial charge in [0, 0.05) is 22.7 Å². The Hall–Kier alpha value is -1.35. The Morgan fingerprint density at radius 1 is 1.20 bits per heavy atom. The molecule has 0 unspecified atom stereocenters.